The molecule has 0 aromatic carbocycles. The van der Waals surface area contributed by atoms with Gasteiger partial charge in [0.15, 0.2) is 0 Å². The van der Waals surface area contributed by atoms with Gasteiger partial charge in [0, 0.05) is 12.7 Å². The number of aromatic nitrogens is 1. The normalized spacial score (nSPS) is 13.8. The molecule has 20 heavy (non-hydrogen) atoms. The molecule has 1 fully saturated rings. The Kier molecular flexibility index (Phi) is 4.55. The van der Waals surface area contributed by atoms with Crippen LogP contribution in [0.15, 0.2) is 18.3 Å². The molecule has 1 aromatic rings. The van der Waals surface area contributed by atoms with E-state index in [9.17, 15) is 9.59 Å². The van der Waals surface area contributed by atoms with Crippen LogP contribution in [0.2, 0.25) is 0 Å². The number of ether oxygens (including phenoxy) is 1. The van der Waals surface area contributed by atoms with Crippen molar-refractivity contribution >= 4 is 17.8 Å². The van der Waals surface area contributed by atoms with E-state index < -0.39 is 11.9 Å². The molecule has 0 bridgehead atoms. The lowest BCUT2D eigenvalue weighted by molar-refractivity contribution is -0.135. The molecule has 0 amide bonds. The highest BCUT2D eigenvalue weighted by Gasteiger charge is 2.28. The first kappa shape index (κ1) is 14.3. The van der Waals surface area contributed by atoms with Crippen LogP contribution in [-0.2, 0) is 9.53 Å². The van der Waals surface area contributed by atoms with E-state index in [0.29, 0.717) is 23.8 Å². The molecule has 108 valence electrons. The van der Waals surface area contributed by atoms with Gasteiger partial charge in [-0.2, -0.15) is 0 Å². The Morgan fingerprint density at radius 1 is 1.50 bits per heavy atom. The number of carbonyl (C=O) groups is 2. The summed E-state index contributed by atoms with van der Waals surface area (Å²) in [4.78, 5) is 28.8. The number of rotatable bonds is 7. The summed E-state index contributed by atoms with van der Waals surface area (Å²) in [6, 6.07) is 3.26. The summed E-state index contributed by atoms with van der Waals surface area (Å²) in [5, 5.41) is 9.03. The average molecular weight is 278 g/mol. The van der Waals surface area contributed by atoms with Gasteiger partial charge in [0.25, 0.3) is 0 Å². The number of hydrogen-bond donors (Lipinski definition) is 1. The number of carboxylic acid groups (broad SMARTS) is 1. The Balaban J connectivity index is 2.25. The van der Waals surface area contributed by atoms with E-state index in [1.807, 2.05) is 0 Å². The predicted molar refractivity (Wildman–Crippen MR) is 72.8 cm³/mol. The number of nitrogens with zero attached hydrogens (tertiary/aromatic N) is 2. The largest absolute Gasteiger partial charge is 0.480 e. The molecule has 0 unspecified atom stereocenters. The van der Waals surface area contributed by atoms with Gasteiger partial charge in [0.05, 0.1) is 6.61 Å². The smallest absolute Gasteiger partial charge is 0.341 e. The zero-order valence-corrected chi connectivity index (χ0v) is 11.4. The molecule has 1 aliphatic carbocycles. The molecular weight excluding hydrogens is 260 g/mol. The Bertz CT molecular complexity index is 500. The van der Waals surface area contributed by atoms with E-state index in [2.05, 4.69) is 4.98 Å². The van der Waals surface area contributed by atoms with Crippen molar-refractivity contribution in [3.05, 3.63) is 23.9 Å². The second-order valence-corrected chi connectivity index (χ2v) is 4.81. The third-order valence-electron chi connectivity index (χ3n) is 3.08. The molecular formula is C14H18N2O4. The summed E-state index contributed by atoms with van der Waals surface area (Å²) in [6.45, 7) is 2.44. The molecule has 0 aliphatic heterocycles. The molecule has 1 aliphatic rings. The summed E-state index contributed by atoms with van der Waals surface area (Å²) in [7, 11) is 0. The zero-order valence-electron chi connectivity index (χ0n) is 11.4. The van der Waals surface area contributed by atoms with E-state index in [4.69, 9.17) is 9.84 Å². The monoisotopic (exact) mass is 278 g/mol. The number of hydrogen-bond acceptors (Lipinski definition) is 5. The first-order chi connectivity index (χ1) is 9.61. The summed E-state index contributed by atoms with van der Waals surface area (Å²) in [5.74, 6) is -0.528. The first-order valence-corrected chi connectivity index (χ1v) is 6.70. The number of esters is 1. The van der Waals surface area contributed by atoms with Crippen molar-refractivity contribution in [2.24, 2.45) is 5.92 Å². The lowest BCUT2D eigenvalue weighted by atomic mass is 10.2. The summed E-state index contributed by atoms with van der Waals surface area (Å²) >= 11 is 0. The van der Waals surface area contributed by atoms with Crippen LogP contribution in [0, 0.1) is 5.92 Å². The van der Waals surface area contributed by atoms with Crippen LogP contribution in [0.3, 0.4) is 0 Å². The van der Waals surface area contributed by atoms with E-state index in [1.165, 1.54) is 0 Å². The fourth-order valence-corrected chi connectivity index (χ4v) is 2.02. The first-order valence-electron chi connectivity index (χ1n) is 6.70. The van der Waals surface area contributed by atoms with Gasteiger partial charge in [-0.3, -0.25) is 4.79 Å². The van der Waals surface area contributed by atoms with Crippen LogP contribution in [0.4, 0.5) is 5.82 Å². The third kappa shape index (κ3) is 3.69. The average Bonchev–Trinajstić information content (AvgIpc) is 3.22. The van der Waals surface area contributed by atoms with Crippen LogP contribution in [0.1, 0.15) is 30.1 Å². The number of pyridine rings is 1. The van der Waals surface area contributed by atoms with Gasteiger partial charge in [0.2, 0.25) is 0 Å². The van der Waals surface area contributed by atoms with Crippen molar-refractivity contribution in [1.29, 1.82) is 0 Å². The van der Waals surface area contributed by atoms with Gasteiger partial charge in [0.1, 0.15) is 17.9 Å². The quantitative estimate of drug-likeness (QED) is 0.762. The van der Waals surface area contributed by atoms with Crippen molar-refractivity contribution in [3.63, 3.8) is 0 Å². The molecule has 6 nitrogen and oxygen atoms in total. The maximum atomic E-state index is 11.9. The van der Waals surface area contributed by atoms with E-state index >= 15 is 0 Å². The van der Waals surface area contributed by atoms with Crippen molar-refractivity contribution < 1.29 is 19.4 Å². The minimum Gasteiger partial charge on any atom is -0.480 e. The number of anilines is 1. The molecule has 1 saturated carbocycles. The maximum Gasteiger partial charge on any atom is 0.341 e. The molecule has 0 spiro atoms. The molecule has 0 atom stereocenters. The second kappa shape index (κ2) is 6.36. The number of carbonyl (C=O) groups excluding carboxylic acids is 1. The Labute approximate surface area is 117 Å². The Morgan fingerprint density at radius 3 is 2.85 bits per heavy atom. The van der Waals surface area contributed by atoms with E-state index in [0.717, 1.165) is 12.8 Å². The van der Waals surface area contributed by atoms with Crippen LogP contribution >= 0.6 is 0 Å². The fourth-order valence-electron chi connectivity index (χ4n) is 2.02. The van der Waals surface area contributed by atoms with Crippen LogP contribution in [-0.4, -0.2) is 41.7 Å². The van der Waals surface area contributed by atoms with Crippen LogP contribution in [0.5, 0.6) is 0 Å². The van der Waals surface area contributed by atoms with Gasteiger partial charge in [-0.1, -0.05) is 0 Å². The predicted octanol–water partition coefficient (Wildman–Crippen LogP) is 1.56. The highest BCUT2D eigenvalue weighted by atomic mass is 16.5. The lowest BCUT2D eigenvalue weighted by Gasteiger charge is -2.23. The fraction of sp³-hybridized carbons (Fsp3) is 0.500. The highest BCUT2D eigenvalue weighted by Crippen LogP contribution is 2.31. The van der Waals surface area contributed by atoms with Crippen molar-refractivity contribution in [2.75, 3.05) is 24.6 Å². The van der Waals surface area contributed by atoms with Gasteiger partial charge >= 0.3 is 11.9 Å². The lowest BCUT2D eigenvalue weighted by Crippen LogP contribution is -2.33. The molecule has 1 heterocycles. The molecule has 1 aromatic heterocycles. The Hall–Kier alpha value is -2.11. The van der Waals surface area contributed by atoms with Gasteiger partial charge in [-0.25, -0.2) is 9.78 Å². The SMILES string of the molecule is CCOC(=O)c1cccnc1N(CC(=O)O)CC1CC1. The minimum absolute atomic E-state index is 0.167. The van der Waals surface area contributed by atoms with Crippen molar-refractivity contribution in [3.8, 4) is 0 Å². The number of carboxylic acids is 1. The molecule has 6 heteroatoms. The standard InChI is InChI=1S/C14H18N2O4/c1-2-20-14(19)11-4-3-7-15-13(11)16(9-12(17)18)8-10-5-6-10/h3-4,7,10H,2,5-6,8-9H2,1H3,(H,17,18). The minimum atomic E-state index is -0.939. The topological polar surface area (TPSA) is 79.7 Å². The van der Waals surface area contributed by atoms with Gasteiger partial charge in [-0.15, -0.1) is 0 Å². The third-order valence-corrected chi connectivity index (χ3v) is 3.08. The van der Waals surface area contributed by atoms with E-state index in [1.54, 1.807) is 30.2 Å². The summed E-state index contributed by atoms with van der Waals surface area (Å²) in [5.41, 5.74) is 0.316. The maximum absolute atomic E-state index is 11.9. The molecule has 0 saturated heterocycles. The van der Waals surface area contributed by atoms with Crippen LogP contribution < -0.4 is 4.90 Å². The van der Waals surface area contributed by atoms with Crippen molar-refractivity contribution in [1.82, 2.24) is 4.98 Å². The summed E-state index contributed by atoms with van der Waals surface area (Å²) in [6.07, 6.45) is 3.75. The highest BCUT2D eigenvalue weighted by molar-refractivity contribution is 5.95. The van der Waals surface area contributed by atoms with Gasteiger partial charge in [-0.05, 0) is 37.8 Å². The second-order valence-electron chi connectivity index (χ2n) is 4.81. The molecule has 0 radical (unpaired) electrons. The Morgan fingerprint density at radius 2 is 2.25 bits per heavy atom. The zero-order chi connectivity index (χ0) is 14.5. The molecule has 1 N–H and O–H groups in total. The van der Waals surface area contributed by atoms with Gasteiger partial charge < -0.3 is 14.7 Å². The summed E-state index contributed by atoms with van der Waals surface area (Å²) < 4.78 is 4.99. The van der Waals surface area contributed by atoms with E-state index in [-0.39, 0.29) is 13.2 Å². The number of aliphatic carboxylic acids is 1. The van der Waals surface area contributed by atoms with Crippen molar-refractivity contribution in [2.45, 2.75) is 19.8 Å². The molecule has 2 rings (SSSR count). The van der Waals surface area contributed by atoms with Crippen LogP contribution in [0.25, 0.3) is 0 Å².